The summed E-state index contributed by atoms with van der Waals surface area (Å²) in [5.74, 6) is 0. The third-order valence-electron chi connectivity index (χ3n) is 4.04. The zero-order valence-corrected chi connectivity index (χ0v) is 10.9. The van der Waals surface area contributed by atoms with E-state index in [4.69, 9.17) is 0 Å². The minimum absolute atomic E-state index is 0.234. The lowest BCUT2D eigenvalue weighted by Gasteiger charge is -2.34. The molecule has 2 N–H and O–H groups in total. The predicted molar refractivity (Wildman–Crippen MR) is 68.1 cm³/mol. The van der Waals surface area contributed by atoms with E-state index in [2.05, 4.69) is 10.6 Å². The van der Waals surface area contributed by atoms with Crippen molar-refractivity contribution in [3.05, 3.63) is 0 Å². The average molecular weight is 240 g/mol. The molecule has 2 aliphatic rings. The van der Waals surface area contributed by atoms with Crippen molar-refractivity contribution in [3.8, 4) is 0 Å². The molecule has 98 valence electrons. The van der Waals surface area contributed by atoms with Crippen LogP contribution in [0, 0.1) is 0 Å². The van der Waals surface area contributed by atoms with Crippen molar-refractivity contribution in [3.63, 3.8) is 0 Å². The van der Waals surface area contributed by atoms with Gasteiger partial charge in [-0.25, -0.2) is 4.79 Å². The maximum absolute atomic E-state index is 12.3. The lowest BCUT2D eigenvalue weighted by molar-refractivity contribution is 0.145. The summed E-state index contributed by atoms with van der Waals surface area (Å²) in [6.07, 6.45) is 3.23. The molecule has 17 heavy (non-hydrogen) atoms. The van der Waals surface area contributed by atoms with Crippen LogP contribution in [0.4, 0.5) is 4.79 Å². The van der Waals surface area contributed by atoms with E-state index in [1.54, 1.807) is 0 Å². The number of rotatable bonds is 2. The van der Waals surface area contributed by atoms with E-state index in [1.807, 2.05) is 23.9 Å². The van der Waals surface area contributed by atoms with Crippen LogP contribution in [0.2, 0.25) is 0 Å². The molecule has 5 nitrogen and oxygen atoms in total. The molecular formula is C12H24N4O. The second-order valence-electron chi connectivity index (χ2n) is 5.05. The molecule has 0 aromatic rings. The van der Waals surface area contributed by atoms with E-state index in [0.29, 0.717) is 12.1 Å². The van der Waals surface area contributed by atoms with Gasteiger partial charge in [-0.05, 0) is 33.4 Å². The standard InChI is InChI=1S/C12H24N4O/c1-13-10-3-6-15(7-4-10)12(17)16-8-5-11(9-16)14-2/h10-11,13-14H,3-9H2,1-2H3/t11-/m1/s1. The number of likely N-dealkylation sites (tertiary alicyclic amines) is 2. The van der Waals surface area contributed by atoms with E-state index in [0.717, 1.165) is 45.4 Å². The maximum atomic E-state index is 12.3. The average Bonchev–Trinajstić information content (AvgIpc) is 2.87. The smallest absolute Gasteiger partial charge is 0.320 e. The van der Waals surface area contributed by atoms with Crippen molar-refractivity contribution >= 4 is 6.03 Å². The number of hydrogen-bond acceptors (Lipinski definition) is 3. The number of piperidine rings is 1. The minimum Gasteiger partial charge on any atom is -0.325 e. The van der Waals surface area contributed by atoms with Gasteiger partial charge in [0, 0.05) is 38.3 Å². The number of urea groups is 1. The summed E-state index contributed by atoms with van der Waals surface area (Å²) >= 11 is 0. The van der Waals surface area contributed by atoms with Crippen molar-refractivity contribution in [2.24, 2.45) is 0 Å². The number of nitrogens with one attached hydrogen (secondary N) is 2. The minimum atomic E-state index is 0.234. The highest BCUT2D eigenvalue weighted by Crippen LogP contribution is 2.16. The normalized spacial score (nSPS) is 26.6. The van der Waals surface area contributed by atoms with Crippen LogP contribution in [0.5, 0.6) is 0 Å². The van der Waals surface area contributed by atoms with Crippen LogP contribution in [0.25, 0.3) is 0 Å². The van der Waals surface area contributed by atoms with Gasteiger partial charge in [0.05, 0.1) is 0 Å². The van der Waals surface area contributed by atoms with Gasteiger partial charge < -0.3 is 20.4 Å². The Morgan fingerprint density at radius 3 is 2.00 bits per heavy atom. The number of amides is 2. The summed E-state index contributed by atoms with van der Waals surface area (Å²) in [5.41, 5.74) is 0. The van der Waals surface area contributed by atoms with Gasteiger partial charge >= 0.3 is 6.03 Å². The second kappa shape index (κ2) is 5.69. The summed E-state index contributed by atoms with van der Waals surface area (Å²) in [5, 5.41) is 6.53. The molecule has 0 spiro atoms. The molecule has 0 aromatic carbocycles. The van der Waals surface area contributed by atoms with Crippen LogP contribution in [0.15, 0.2) is 0 Å². The van der Waals surface area contributed by atoms with Crippen LogP contribution in [-0.2, 0) is 0 Å². The first-order valence-electron chi connectivity index (χ1n) is 6.63. The molecule has 1 atom stereocenters. The number of carbonyl (C=O) groups excluding carboxylic acids is 1. The molecule has 2 rings (SSSR count). The van der Waals surface area contributed by atoms with E-state index in [9.17, 15) is 4.79 Å². The Morgan fingerprint density at radius 1 is 0.941 bits per heavy atom. The first-order valence-corrected chi connectivity index (χ1v) is 6.63. The van der Waals surface area contributed by atoms with Crippen molar-refractivity contribution in [1.82, 2.24) is 20.4 Å². The van der Waals surface area contributed by atoms with Gasteiger partial charge in [-0.3, -0.25) is 0 Å². The Balaban J connectivity index is 1.81. The first-order chi connectivity index (χ1) is 8.24. The van der Waals surface area contributed by atoms with Crippen LogP contribution in [0.1, 0.15) is 19.3 Å². The number of likely N-dealkylation sites (N-methyl/N-ethyl adjacent to an activating group) is 1. The predicted octanol–water partition coefficient (Wildman–Crippen LogP) is 0.0839. The van der Waals surface area contributed by atoms with Gasteiger partial charge in [0.25, 0.3) is 0 Å². The number of carbonyl (C=O) groups is 1. The Bertz CT molecular complexity index is 263. The molecule has 2 amide bonds. The number of hydrogen-bond donors (Lipinski definition) is 2. The van der Waals surface area contributed by atoms with Gasteiger partial charge in [0.1, 0.15) is 0 Å². The number of nitrogens with zero attached hydrogens (tertiary/aromatic N) is 2. The van der Waals surface area contributed by atoms with Gasteiger partial charge in [0.2, 0.25) is 0 Å². The third-order valence-corrected chi connectivity index (χ3v) is 4.04. The fourth-order valence-electron chi connectivity index (χ4n) is 2.73. The van der Waals surface area contributed by atoms with Crippen LogP contribution in [0.3, 0.4) is 0 Å². The summed E-state index contributed by atoms with van der Waals surface area (Å²) < 4.78 is 0. The topological polar surface area (TPSA) is 47.6 Å². The fourth-order valence-corrected chi connectivity index (χ4v) is 2.73. The first kappa shape index (κ1) is 12.6. The van der Waals surface area contributed by atoms with Crippen molar-refractivity contribution < 1.29 is 4.79 Å². The summed E-state index contributed by atoms with van der Waals surface area (Å²) in [4.78, 5) is 16.3. The molecule has 0 radical (unpaired) electrons. The summed E-state index contributed by atoms with van der Waals surface area (Å²) in [7, 11) is 3.97. The lowest BCUT2D eigenvalue weighted by Crippen LogP contribution is -2.49. The van der Waals surface area contributed by atoms with Gasteiger partial charge in [-0.15, -0.1) is 0 Å². The highest BCUT2D eigenvalue weighted by molar-refractivity contribution is 5.75. The molecule has 0 aromatic heterocycles. The highest BCUT2D eigenvalue weighted by Gasteiger charge is 2.30. The summed E-state index contributed by atoms with van der Waals surface area (Å²) in [6, 6.07) is 1.30. The Kier molecular flexibility index (Phi) is 4.23. The van der Waals surface area contributed by atoms with Crippen molar-refractivity contribution in [2.45, 2.75) is 31.3 Å². The Morgan fingerprint density at radius 2 is 1.47 bits per heavy atom. The Hall–Kier alpha value is -0.810. The highest BCUT2D eigenvalue weighted by atomic mass is 16.2. The molecule has 0 saturated carbocycles. The van der Waals surface area contributed by atoms with Crippen LogP contribution >= 0.6 is 0 Å². The largest absolute Gasteiger partial charge is 0.325 e. The van der Waals surface area contributed by atoms with Gasteiger partial charge in [0.15, 0.2) is 0 Å². The molecule has 5 heteroatoms. The van der Waals surface area contributed by atoms with Gasteiger partial charge in [-0.1, -0.05) is 0 Å². The molecular weight excluding hydrogens is 216 g/mol. The molecule has 2 fully saturated rings. The van der Waals surface area contributed by atoms with Crippen molar-refractivity contribution in [2.75, 3.05) is 40.3 Å². The second-order valence-corrected chi connectivity index (χ2v) is 5.05. The SMILES string of the molecule is CNC1CCN(C(=O)N2CC[C@@H](NC)C2)CC1. The summed E-state index contributed by atoms with van der Waals surface area (Å²) in [6.45, 7) is 3.55. The Labute approximate surface area is 104 Å². The fraction of sp³-hybridized carbons (Fsp3) is 0.917. The van der Waals surface area contributed by atoms with E-state index in [1.165, 1.54) is 0 Å². The monoisotopic (exact) mass is 240 g/mol. The molecule has 2 aliphatic heterocycles. The quantitative estimate of drug-likeness (QED) is 0.719. The zero-order valence-electron chi connectivity index (χ0n) is 10.9. The van der Waals surface area contributed by atoms with Crippen molar-refractivity contribution in [1.29, 1.82) is 0 Å². The van der Waals surface area contributed by atoms with Gasteiger partial charge in [-0.2, -0.15) is 0 Å². The van der Waals surface area contributed by atoms with Crippen LogP contribution in [-0.4, -0.2) is 68.2 Å². The molecule has 0 aliphatic carbocycles. The van der Waals surface area contributed by atoms with E-state index < -0.39 is 0 Å². The maximum Gasteiger partial charge on any atom is 0.320 e. The third kappa shape index (κ3) is 2.90. The van der Waals surface area contributed by atoms with E-state index >= 15 is 0 Å². The van der Waals surface area contributed by atoms with E-state index in [-0.39, 0.29) is 6.03 Å². The molecule has 2 heterocycles. The lowest BCUT2D eigenvalue weighted by atomic mass is 10.1. The molecule has 0 bridgehead atoms. The molecule has 0 unspecified atom stereocenters. The molecule has 2 saturated heterocycles. The zero-order chi connectivity index (χ0) is 12.3. The van der Waals surface area contributed by atoms with Crippen LogP contribution < -0.4 is 10.6 Å².